The Balaban J connectivity index is 1.79. The van der Waals surface area contributed by atoms with Gasteiger partial charge in [-0.3, -0.25) is 0 Å². The van der Waals surface area contributed by atoms with Crippen molar-refractivity contribution in [3.05, 3.63) is 65.5 Å². The Hall–Kier alpha value is -1.83. The summed E-state index contributed by atoms with van der Waals surface area (Å²) in [6, 6.07) is 14.7. The molecule has 21 heavy (non-hydrogen) atoms. The van der Waals surface area contributed by atoms with E-state index >= 15 is 0 Å². The number of hydrogen-bond acceptors (Lipinski definition) is 1. The highest BCUT2D eigenvalue weighted by Crippen LogP contribution is 2.16. The lowest BCUT2D eigenvalue weighted by Crippen LogP contribution is -1.96. The molecule has 2 heteroatoms. The van der Waals surface area contributed by atoms with E-state index in [4.69, 9.17) is 4.74 Å². The third-order valence-electron chi connectivity index (χ3n) is 3.54. The van der Waals surface area contributed by atoms with Crippen molar-refractivity contribution in [2.75, 3.05) is 0 Å². The van der Waals surface area contributed by atoms with E-state index in [9.17, 15) is 4.39 Å². The summed E-state index contributed by atoms with van der Waals surface area (Å²) in [5.74, 6) is 0.607. The maximum Gasteiger partial charge on any atom is 0.123 e. The van der Waals surface area contributed by atoms with Crippen LogP contribution in [0.15, 0.2) is 48.5 Å². The zero-order chi connectivity index (χ0) is 14.9. The van der Waals surface area contributed by atoms with Gasteiger partial charge in [-0.05, 0) is 48.2 Å². The van der Waals surface area contributed by atoms with Crippen LogP contribution in [0.25, 0.3) is 0 Å². The Kier molecular flexibility index (Phi) is 6.26. The molecule has 0 radical (unpaired) electrons. The second kappa shape index (κ2) is 8.46. The van der Waals surface area contributed by atoms with Crippen LogP contribution in [-0.2, 0) is 13.0 Å². The van der Waals surface area contributed by atoms with E-state index in [1.807, 2.05) is 18.2 Å². The fourth-order valence-electron chi connectivity index (χ4n) is 2.30. The topological polar surface area (TPSA) is 9.23 Å². The third-order valence-corrected chi connectivity index (χ3v) is 3.54. The van der Waals surface area contributed by atoms with Gasteiger partial charge in [-0.25, -0.2) is 4.39 Å². The van der Waals surface area contributed by atoms with Crippen LogP contribution in [0.2, 0.25) is 0 Å². The van der Waals surface area contributed by atoms with Crippen LogP contribution in [-0.4, -0.2) is 0 Å². The molecule has 2 aromatic rings. The van der Waals surface area contributed by atoms with Gasteiger partial charge < -0.3 is 4.74 Å². The zero-order valence-electron chi connectivity index (χ0n) is 12.6. The van der Waals surface area contributed by atoms with E-state index in [1.165, 1.54) is 43.4 Å². The summed E-state index contributed by atoms with van der Waals surface area (Å²) in [5.41, 5.74) is 2.20. The van der Waals surface area contributed by atoms with Crippen molar-refractivity contribution < 1.29 is 9.13 Å². The average molecular weight is 286 g/mol. The first kappa shape index (κ1) is 15.6. The summed E-state index contributed by atoms with van der Waals surface area (Å²) in [6.07, 6.45) is 6.26. The summed E-state index contributed by atoms with van der Waals surface area (Å²) in [6.45, 7) is 2.62. The fraction of sp³-hybridized carbons (Fsp3) is 0.368. The minimum Gasteiger partial charge on any atom is -0.489 e. The first-order valence-corrected chi connectivity index (χ1v) is 7.74. The van der Waals surface area contributed by atoms with E-state index in [2.05, 4.69) is 19.1 Å². The van der Waals surface area contributed by atoms with Crippen molar-refractivity contribution in [1.82, 2.24) is 0 Å². The lowest BCUT2D eigenvalue weighted by Gasteiger charge is -2.07. The van der Waals surface area contributed by atoms with Gasteiger partial charge >= 0.3 is 0 Å². The first-order valence-electron chi connectivity index (χ1n) is 7.74. The molecule has 0 aliphatic carbocycles. The molecule has 0 unspecified atom stereocenters. The van der Waals surface area contributed by atoms with E-state index in [1.54, 1.807) is 6.07 Å². The quantitative estimate of drug-likeness (QED) is 0.580. The Morgan fingerprint density at radius 2 is 1.71 bits per heavy atom. The normalized spacial score (nSPS) is 10.6. The van der Waals surface area contributed by atoms with Gasteiger partial charge in [0.2, 0.25) is 0 Å². The van der Waals surface area contributed by atoms with Crippen molar-refractivity contribution in [3.63, 3.8) is 0 Å². The SMILES string of the molecule is CCCCCCc1ccc(OCc2cccc(F)c2)cc1. The van der Waals surface area contributed by atoms with Gasteiger partial charge in [0.25, 0.3) is 0 Å². The molecule has 0 atom stereocenters. The Morgan fingerprint density at radius 3 is 2.43 bits per heavy atom. The Morgan fingerprint density at radius 1 is 0.905 bits per heavy atom. The standard InChI is InChI=1S/C19H23FO/c1-2-3-4-5-7-16-10-12-19(13-11-16)21-15-17-8-6-9-18(20)14-17/h6,8-14H,2-5,7,15H2,1H3. The van der Waals surface area contributed by atoms with E-state index < -0.39 is 0 Å². The minimum atomic E-state index is -0.224. The maximum atomic E-state index is 13.1. The number of benzene rings is 2. The number of halogens is 1. The largest absolute Gasteiger partial charge is 0.489 e. The average Bonchev–Trinajstić information content (AvgIpc) is 2.51. The molecule has 0 aliphatic heterocycles. The summed E-state index contributed by atoms with van der Waals surface area (Å²) in [4.78, 5) is 0. The van der Waals surface area contributed by atoms with Gasteiger partial charge in [-0.1, -0.05) is 50.5 Å². The number of aryl methyl sites for hydroxylation is 1. The number of hydrogen-bond donors (Lipinski definition) is 0. The van der Waals surface area contributed by atoms with Crippen LogP contribution in [0.4, 0.5) is 4.39 Å². The molecule has 0 aliphatic rings. The molecule has 2 rings (SSSR count). The van der Waals surface area contributed by atoms with Crippen molar-refractivity contribution in [3.8, 4) is 5.75 Å². The van der Waals surface area contributed by atoms with Crippen molar-refractivity contribution in [2.24, 2.45) is 0 Å². The molecule has 0 fully saturated rings. The predicted molar refractivity (Wildman–Crippen MR) is 85.0 cm³/mol. The van der Waals surface area contributed by atoms with Gasteiger partial charge in [0.15, 0.2) is 0 Å². The lowest BCUT2D eigenvalue weighted by atomic mass is 10.1. The van der Waals surface area contributed by atoms with Crippen LogP contribution in [0, 0.1) is 5.82 Å². The van der Waals surface area contributed by atoms with Gasteiger partial charge in [0, 0.05) is 0 Å². The number of unbranched alkanes of at least 4 members (excludes halogenated alkanes) is 3. The van der Waals surface area contributed by atoms with Gasteiger partial charge in [0.1, 0.15) is 18.2 Å². The van der Waals surface area contributed by atoms with Crippen molar-refractivity contribution in [2.45, 2.75) is 45.6 Å². The molecule has 0 spiro atoms. The zero-order valence-corrected chi connectivity index (χ0v) is 12.6. The van der Waals surface area contributed by atoms with Crippen molar-refractivity contribution >= 4 is 0 Å². The summed E-state index contributed by atoms with van der Waals surface area (Å²) in [5, 5.41) is 0. The maximum absolute atomic E-state index is 13.1. The summed E-state index contributed by atoms with van der Waals surface area (Å²) in [7, 11) is 0. The van der Waals surface area contributed by atoms with Crippen LogP contribution >= 0.6 is 0 Å². The highest BCUT2D eigenvalue weighted by Gasteiger charge is 1.99. The van der Waals surface area contributed by atoms with E-state index in [0.717, 1.165) is 17.7 Å². The minimum absolute atomic E-state index is 0.224. The molecule has 0 heterocycles. The molecule has 2 aromatic carbocycles. The third kappa shape index (κ3) is 5.58. The first-order chi connectivity index (χ1) is 10.3. The molecular formula is C19H23FO. The Labute approximate surface area is 126 Å². The second-order valence-electron chi connectivity index (χ2n) is 5.37. The molecule has 1 nitrogen and oxygen atoms in total. The van der Waals surface area contributed by atoms with Crippen LogP contribution < -0.4 is 4.74 Å². The second-order valence-corrected chi connectivity index (χ2v) is 5.37. The molecule has 0 N–H and O–H groups in total. The fourth-order valence-corrected chi connectivity index (χ4v) is 2.30. The molecular weight excluding hydrogens is 263 g/mol. The summed E-state index contributed by atoms with van der Waals surface area (Å²) < 4.78 is 18.7. The monoisotopic (exact) mass is 286 g/mol. The molecule has 0 saturated carbocycles. The molecule has 0 amide bonds. The number of rotatable bonds is 8. The molecule has 0 saturated heterocycles. The molecule has 112 valence electrons. The smallest absolute Gasteiger partial charge is 0.123 e. The highest BCUT2D eigenvalue weighted by molar-refractivity contribution is 5.28. The van der Waals surface area contributed by atoms with Crippen molar-refractivity contribution in [1.29, 1.82) is 0 Å². The van der Waals surface area contributed by atoms with Crippen LogP contribution in [0.5, 0.6) is 5.75 Å². The molecule has 0 bridgehead atoms. The Bertz CT molecular complexity index is 534. The number of ether oxygens (including phenoxy) is 1. The van der Waals surface area contributed by atoms with E-state index in [-0.39, 0.29) is 5.82 Å². The summed E-state index contributed by atoms with van der Waals surface area (Å²) >= 11 is 0. The molecule has 0 aromatic heterocycles. The van der Waals surface area contributed by atoms with Gasteiger partial charge in [-0.2, -0.15) is 0 Å². The van der Waals surface area contributed by atoms with Gasteiger partial charge in [0.05, 0.1) is 0 Å². The van der Waals surface area contributed by atoms with Crippen LogP contribution in [0.3, 0.4) is 0 Å². The van der Waals surface area contributed by atoms with Crippen LogP contribution in [0.1, 0.15) is 43.7 Å². The van der Waals surface area contributed by atoms with E-state index in [0.29, 0.717) is 6.61 Å². The highest BCUT2D eigenvalue weighted by atomic mass is 19.1. The lowest BCUT2D eigenvalue weighted by molar-refractivity contribution is 0.305. The predicted octanol–water partition coefficient (Wildman–Crippen LogP) is 5.53. The van der Waals surface area contributed by atoms with Gasteiger partial charge in [-0.15, -0.1) is 0 Å².